The molecule has 312 valence electrons. The van der Waals surface area contributed by atoms with Crippen LogP contribution in [0.15, 0.2) is 207 Å². The predicted octanol–water partition coefficient (Wildman–Crippen LogP) is 15.2. The molecule has 0 aliphatic heterocycles. The summed E-state index contributed by atoms with van der Waals surface area (Å²) in [4.78, 5) is 7.39. The Balaban J connectivity index is 0.00000484. The Bertz CT molecular complexity index is 3400. The van der Waals surface area contributed by atoms with Crippen LogP contribution in [0, 0.1) is 19.1 Å². The molecule has 0 unspecified atom stereocenters. The van der Waals surface area contributed by atoms with Crippen molar-refractivity contribution in [1.29, 1.82) is 0 Å². The van der Waals surface area contributed by atoms with Crippen LogP contribution >= 0.6 is 0 Å². The van der Waals surface area contributed by atoms with Crippen molar-refractivity contribution in [3.63, 3.8) is 0 Å². The predicted molar refractivity (Wildman–Crippen MR) is 262 cm³/mol. The fourth-order valence-electron chi connectivity index (χ4n) is 9.17. The number of pyridine rings is 1. The van der Waals surface area contributed by atoms with Crippen LogP contribution in [-0.4, -0.2) is 18.7 Å². The molecule has 0 radical (unpaired) electrons. The third kappa shape index (κ3) is 7.12. The normalized spacial score (nSPS) is 11.4. The molecule has 11 aromatic rings. The fraction of sp³-hybridized carbons (Fsp3) is 0.0690. The summed E-state index contributed by atoms with van der Waals surface area (Å²) in [5.41, 5.74) is 16.0. The summed E-state index contributed by atoms with van der Waals surface area (Å²) in [6.45, 7) is 6.61. The largest absolute Gasteiger partial charge is 0.357 e. The summed E-state index contributed by atoms with van der Waals surface area (Å²) in [6, 6.07) is 77.2. The van der Waals surface area contributed by atoms with Gasteiger partial charge in [-0.1, -0.05) is 144 Å². The molecule has 0 N–H and O–H groups in total. The minimum Gasteiger partial charge on any atom is -0.357 e. The molecule has 0 saturated carbocycles. The number of fused-ring (bicyclic) bond motifs is 4. The van der Waals surface area contributed by atoms with Crippen LogP contribution < -0.4 is 4.90 Å². The van der Waals surface area contributed by atoms with E-state index in [4.69, 9.17) is 4.98 Å². The second-order valence-electron chi connectivity index (χ2n) is 16.3. The molecule has 6 heteroatoms. The molecule has 5 nitrogen and oxygen atoms in total. The van der Waals surface area contributed by atoms with Crippen LogP contribution in [-0.2, 0) is 21.1 Å². The molecule has 3 heterocycles. The van der Waals surface area contributed by atoms with Crippen molar-refractivity contribution in [2.75, 3.05) is 4.90 Å². The summed E-state index contributed by atoms with van der Waals surface area (Å²) in [6.07, 6.45) is 4.13. The van der Waals surface area contributed by atoms with Crippen molar-refractivity contribution in [2.24, 2.45) is 0 Å². The SMILES string of the molecule is Cc1ccccc1-c1ccnc(-n2c3[c-]c(N(c4[c-]c(-n5[cH+]n(C(C)C)c6ccccc65)ccc4)c4c(-c5ccccc5)cccc4-c4ccccc4)ccc3c3ccccc32)c1.[Pt]. The van der Waals surface area contributed by atoms with Gasteiger partial charge in [0.2, 0.25) is 0 Å². The maximum atomic E-state index is 5.04. The summed E-state index contributed by atoms with van der Waals surface area (Å²) in [5, 5.41) is 2.25. The first-order chi connectivity index (χ1) is 31.0. The number of imidazole rings is 1. The minimum atomic E-state index is 0. The Hall–Kier alpha value is -7.33. The molecule has 3 aromatic heterocycles. The smallest absolute Gasteiger partial charge is 0.188 e. The molecule has 0 aliphatic carbocycles. The zero-order valence-corrected chi connectivity index (χ0v) is 38.0. The standard InChI is InChI=1S/C58H44N5.Pt/c1-40(2)60-39-61(55-31-15-14-30-54(55)60)45-23-16-24-46(37-45)62(58-49(42-19-6-4-7-20-42)27-17-28-50(58)43-21-8-5-9-22-43)47-32-33-52-51-26-12-13-29-53(51)63(56(52)38-47)57-36-44(34-35-59-57)48-25-11-10-18-41(48)3;/h4-36,39-40H,1-3H3;/q-1;. The summed E-state index contributed by atoms with van der Waals surface area (Å²) < 4.78 is 6.86. The van der Waals surface area contributed by atoms with Gasteiger partial charge in [-0.2, -0.15) is 12.1 Å². The second-order valence-corrected chi connectivity index (χ2v) is 16.3. The van der Waals surface area contributed by atoms with E-state index < -0.39 is 0 Å². The van der Waals surface area contributed by atoms with Gasteiger partial charge in [-0.3, -0.25) is 0 Å². The molecule has 11 rings (SSSR count). The van der Waals surface area contributed by atoms with E-state index >= 15 is 0 Å². The number of hydrogen-bond acceptors (Lipinski definition) is 2. The Labute approximate surface area is 388 Å². The molecular formula is C58H44N5Pt-. The van der Waals surface area contributed by atoms with Gasteiger partial charge in [0.15, 0.2) is 17.4 Å². The fourth-order valence-corrected chi connectivity index (χ4v) is 9.17. The first-order valence-corrected chi connectivity index (χ1v) is 21.6. The van der Waals surface area contributed by atoms with Crippen LogP contribution in [0.3, 0.4) is 0 Å². The molecule has 0 saturated heterocycles. The number of nitrogens with zero attached hydrogens (tertiary/aromatic N) is 5. The number of benzene rings is 8. The van der Waals surface area contributed by atoms with Gasteiger partial charge in [0.1, 0.15) is 5.82 Å². The summed E-state index contributed by atoms with van der Waals surface area (Å²) >= 11 is 0. The molecule has 0 amide bonds. The molecule has 64 heavy (non-hydrogen) atoms. The second kappa shape index (κ2) is 17.1. The van der Waals surface area contributed by atoms with E-state index in [-0.39, 0.29) is 27.1 Å². The van der Waals surface area contributed by atoms with E-state index in [1.54, 1.807) is 0 Å². The topological polar surface area (TPSA) is 30.9 Å². The van der Waals surface area contributed by atoms with E-state index in [0.717, 1.165) is 83.7 Å². The van der Waals surface area contributed by atoms with E-state index in [0.29, 0.717) is 0 Å². The number of rotatable bonds is 9. The third-order valence-corrected chi connectivity index (χ3v) is 12.1. The monoisotopic (exact) mass is 1010 g/mol. The zero-order valence-electron chi connectivity index (χ0n) is 35.8. The Kier molecular flexibility index (Phi) is 10.9. The van der Waals surface area contributed by atoms with E-state index in [9.17, 15) is 0 Å². The Morgan fingerprint density at radius 3 is 1.86 bits per heavy atom. The van der Waals surface area contributed by atoms with Crippen molar-refractivity contribution < 1.29 is 21.1 Å². The van der Waals surface area contributed by atoms with Gasteiger partial charge in [-0.05, 0) is 84.3 Å². The first-order valence-electron chi connectivity index (χ1n) is 21.6. The number of anilines is 3. The quantitative estimate of drug-likeness (QED) is 0.135. The average Bonchev–Trinajstić information content (AvgIpc) is 3.89. The Morgan fingerprint density at radius 2 is 1.14 bits per heavy atom. The Morgan fingerprint density at radius 1 is 0.531 bits per heavy atom. The van der Waals surface area contributed by atoms with Crippen LogP contribution in [0.4, 0.5) is 17.1 Å². The van der Waals surface area contributed by atoms with Gasteiger partial charge in [0.05, 0.1) is 11.7 Å². The summed E-state index contributed by atoms with van der Waals surface area (Å²) in [7, 11) is 0. The first kappa shape index (κ1) is 40.7. The van der Waals surface area contributed by atoms with Crippen molar-refractivity contribution in [3.8, 4) is 44.9 Å². The molecule has 0 atom stereocenters. The van der Waals surface area contributed by atoms with Crippen molar-refractivity contribution >= 4 is 49.9 Å². The number of hydrogen-bond donors (Lipinski definition) is 0. The van der Waals surface area contributed by atoms with Crippen molar-refractivity contribution in [2.45, 2.75) is 26.8 Å². The van der Waals surface area contributed by atoms with Crippen LogP contribution in [0.25, 0.3) is 77.7 Å². The van der Waals surface area contributed by atoms with Crippen molar-refractivity contribution in [1.82, 2.24) is 18.7 Å². The van der Waals surface area contributed by atoms with Gasteiger partial charge in [-0.15, -0.1) is 29.7 Å². The molecule has 0 spiro atoms. The number of aromatic nitrogens is 4. The van der Waals surface area contributed by atoms with Gasteiger partial charge in [0, 0.05) is 61.7 Å². The van der Waals surface area contributed by atoms with E-state index in [1.807, 2.05) is 6.20 Å². The maximum absolute atomic E-state index is 5.04. The van der Waals surface area contributed by atoms with Crippen LogP contribution in [0.1, 0.15) is 25.5 Å². The third-order valence-electron chi connectivity index (χ3n) is 12.1. The number of para-hydroxylation sites is 4. The van der Waals surface area contributed by atoms with Gasteiger partial charge < -0.3 is 9.47 Å². The van der Waals surface area contributed by atoms with Gasteiger partial charge in [0.25, 0.3) is 0 Å². The van der Waals surface area contributed by atoms with Gasteiger partial charge >= 0.3 is 0 Å². The maximum Gasteiger partial charge on any atom is 0.188 e. The van der Waals surface area contributed by atoms with Crippen LogP contribution in [0.5, 0.6) is 0 Å². The average molecular weight is 1010 g/mol. The molecule has 8 aromatic carbocycles. The molecular weight excluding hydrogens is 962 g/mol. The van der Waals surface area contributed by atoms with E-state index in [1.165, 1.54) is 16.6 Å². The van der Waals surface area contributed by atoms with E-state index in [2.05, 4.69) is 252 Å². The van der Waals surface area contributed by atoms with Crippen LogP contribution in [0.2, 0.25) is 0 Å². The van der Waals surface area contributed by atoms with Crippen molar-refractivity contribution in [3.05, 3.63) is 224 Å². The zero-order chi connectivity index (χ0) is 42.4. The molecule has 0 fully saturated rings. The molecule has 0 aliphatic rings. The molecule has 0 bridgehead atoms. The minimum absolute atomic E-state index is 0. The van der Waals surface area contributed by atoms with Gasteiger partial charge in [-0.25, -0.2) is 14.1 Å². The number of aryl methyl sites for hydroxylation is 1. The summed E-state index contributed by atoms with van der Waals surface area (Å²) in [5.74, 6) is 0.836.